The molecular weight excluding hydrogens is 516 g/mol. The number of carbonyl (C=O) groups excluding carboxylic acids is 2. The number of aromatic hydroxyl groups is 1. The van der Waals surface area contributed by atoms with Gasteiger partial charge in [-0.3, -0.25) is 19.3 Å². The predicted octanol–water partition coefficient (Wildman–Crippen LogP) is 3.12. The van der Waals surface area contributed by atoms with Crippen molar-refractivity contribution in [3.63, 3.8) is 0 Å². The maximum atomic E-state index is 13.8. The summed E-state index contributed by atoms with van der Waals surface area (Å²) < 4.78 is 5.36. The number of likely N-dealkylation sites (tertiary alicyclic amines) is 1. The zero-order chi connectivity index (χ0) is 26.3. The van der Waals surface area contributed by atoms with Gasteiger partial charge in [0, 0.05) is 16.0 Å². The van der Waals surface area contributed by atoms with Crippen LogP contribution < -0.4 is 9.61 Å². The van der Waals surface area contributed by atoms with Crippen molar-refractivity contribution in [2.24, 2.45) is 35.5 Å². The number of aromatic amines is 1. The van der Waals surface area contributed by atoms with Crippen LogP contribution in [0.3, 0.4) is 0 Å². The summed E-state index contributed by atoms with van der Waals surface area (Å²) in [5.41, 5.74) is 0.877. The number of amides is 2. The number of thiazole rings is 1. The number of benzene rings is 1. The summed E-state index contributed by atoms with van der Waals surface area (Å²) in [4.78, 5) is 56.7. The first kappa shape index (κ1) is 24.5. The highest BCUT2D eigenvalue weighted by atomic mass is 32.2. The lowest BCUT2D eigenvalue weighted by Crippen LogP contribution is -2.47. The number of carboxylic acids is 1. The fourth-order valence-corrected chi connectivity index (χ4v) is 10.3. The van der Waals surface area contributed by atoms with Crippen LogP contribution in [0, 0.1) is 35.5 Å². The van der Waals surface area contributed by atoms with Gasteiger partial charge in [0.1, 0.15) is 6.04 Å². The standard InChI is InChI=1S/C26H28N2O7S2/c1-9(2)6-13(25(32)33)28-23(30)18-11-8-12(19(18)24(28)31)20-17(11)16(21-22(36-20)27-26(34)37-21)10-4-5-14(29)15(7-10)35-3/h4-5,7,9,11-13,16-20,29H,6,8H2,1-3H3,(H,27,34)(H,32,33)/t11-,12+,13-,16+,17+,18+,19+,20-/m1/s1. The number of nitrogens with one attached hydrogen (secondary N) is 1. The van der Waals surface area contributed by atoms with Crippen molar-refractivity contribution < 1.29 is 29.3 Å². The van der Waals surface area contributed by atoms with Crippen LogP contribution in [-0.2, 0) is 14.4 Å². The van der Waals surface area contributed by atoms with E-state index in [-0.39, 0.29) is 63.7 Å². The van der Waals surface area contributed by atoms with Gasteiger partial charge in [0.2, 0.25) is 11.8 Å². The van der Waals surface area contributed by atoms with Crippen molar-refractivity contribution in [2.45, 2.75) is 48.9 Å². The highest BCUT2D eigenvalue weighted by molar-refractivity contribution is 8.00. The number of hydrogen-bond donors (Lipinski definition) is 3. The number of rotatable bonds is 6. The monoisotopic (exact) mass is 544 g/mol. The molecule has 2 bridgehead atoms. The van der Waals surface area contributed by atoms with E-state index in [2.05, 4.69) is 4.98 Å². The number of carboxylic acid groups (broad SMARTS) is 1. The van der Waals surface area contributed by atoms with E-state index in [0.717, 1.165) is 38.1 Å². The molecule has 3 N–H and O–H groups in total. The fraction of sp³-hybridized carbons (Fsp3) is 0.538. The number of aromatic nitrogens is 1. The van der Waals surface area contributed by atoms with Crippen molar-refractivity contribution in [3.8, 4) is 11.5 Å². The van der Waals surface area contributed by atoms with Crippen LogP contribution in [0.5, 0.6) is 11.5 Å². The first-order valence-corrected chi connectivity index (χ1v) is 14.2. The van der Waals surface area contributed by atoms with Crippen molar-refractivity contribution in [1.82, 2.24) is 9.88 Å². The summed E-state index contributed by atoms with van der Waals surface area (Å²) in [7, 11) is 1.48. The largest absolute Gasteiger partial charge is 0.504 e. The van der Waals surface area contributed by atoms with Gasteiger partial charge in [-0.15, -0.1) is 11.8 Å². The van der Waals surface area contributed by atoms with Gasteiger partial charge >= 0.3 is 10.8 Å². The highest BCUT2D eigenvalue weighted by Crippen LogP contribution is 2.68. The van der Waals surface area contributed by atoms with Crippen molar-refractivity contribution >= 4 is 40.9 Å². The molecule has 2 aromatic rings. The molecule has 11 heteroatoms. The number of carbonyl (C=O) groups is 3. The summed E-state index contributed by atoms with van der Waals surface area (Å²) in [5, 5.41) is 20.9. The molecular formula is C26H28N2O7S2. The Morgan fingerprint density at radius 1 is 1.19 bits per heavy atom. The molecule has 2 amide bonds. The molecule has 1 aromatic heterocycles. The molecule has 2 aliphatic carbocycles. The lowest BCUT2D eigenvalue weighted by molar-refractivity contribution is -0.156. The quantitative estimate of drug-likeness (QED) is 0.472. The highest BCUT2D eigenvalue weighted by Gasteiger charge is 2.70. The summed E-state index contributed by atoms with van der Waals surface area (Å²) >= 11 is 2.73. The lowest BCUT2D eigenvalue weighted by atomic mass is 9.68. The first-order valence-electron chi connectivity index (χ1n) is 12.5. The zero-order valence-electron chi connectivity index (χ0n) is 20.5. The molecule has 2 aliphatic heterocycles. The Hall–Kier alpha value is -2.79. The number of imide groups is 1. The van der Waals surface area contributed by atoms with E-state index in [9.17, 15) is 29.4 Å². The minimum absolute atomic E-state index is 0.00104. The summed E-state index contributed by atoms with van der Waals surface area (Å²) in [6.07, 6.45) is 0.938. The van der Waals surface area contributed by atoms with Gasteiger partial charge < -0.3 is 19.9 Å². The van der Waals surface area contributed by atoms with Gasteiger partial charge in [0.05, 0.1) is 24.0 Å². The van der Waals surface area contributed by atoms with Gasteiger partial charge in [0.25, 0.3) is 0 Å². The number of methoxy groups -OCH3 is 1. The second-order valence-electron chi connectivity index (χ2n) is 10.9. The molecule has 4 aliphatic rings. The molecule has 0 unspecified atom stereocenters. The van der Waals surface area contributed by atoms with Gasteiger partial charge in [-0.2, -0.15) is 0 Å². The van der Waals surface area contributed by atoms with E-state index in [4.69, 9.17) is 4.74 Å². The smallest absolute Gasteiger partial charge is 0.326 e. The van der Waals surface area contributed by atoms with Gasteiger partial charge in [-0.1, -0.05) is 31.3 Å². The minimum Gasteiger partial charge on any atom is -0.504 e. The number of thioether (sulfide) groups is 1. The molecule has 1 aromatic carbocycles. The number of phenols is 1. The van der Waals surface area contributed by atoms with Crippen LogP contribution in [0.2, 0.25) is 0 Å². The molecule has 196 valence electrons. The molecule has 0 spiro atoms. The Balaban J connectivity index is 1.43. The topological polar surface area (TPSA) is 137 Å². The molecule has 3 fully saturated rings. The maximum Gasteiger partial charge on any atom is 0.326 e. The average Bonchev–Trinajstić information content (AvgIpc) is 3.57. The predicted molar refractivity (Wildman–Crippen MR) is 136 cm³/mol. The van der Waals surface area contributed by atoms with Crippen LogP contribution in [0.15, 0.2) is 28.0 Å². The van der Waals surface area contributed by atoms with E-state index in [1.54, 1.807) is 23.9 Å². The Morgan fingerprint density at radius 2 is 1.89 bits per heavy atom. The van der Waals surface area contributed by atoms with E-state index in [1.165, 1.54) is 7.11 Å². The number of aliphatic carboxylic acids is 1. The first-order chi connectivity index (χ1) is 17.6. The Kier molecular flexibility index (Phi) is 5.72. The summed E-state index contributed by atoms with van der Waals surface area (Å²) in [6.45, 7) is 3.76. The van der Waals surface area contributed by atoms with Crippen LogP contribution in [-0.4, -0.2) is 56.3 Å². The van der Waals surface area contributed by atoms with Gasteiger partial charge in [0.15, 0.2) is 11.5 Å². The Labute approximate surface area is 221 Å². The fourth-order valence-electron chi connectivity index (χ4n) is 7.37. The number of hydrogen-bond acceptors (Lipinski definition) is 8. The number of ether oxygens (including phenoxy) is 1. The molecule has 0 radical (unpaired) electrons. The molecule has 3 heterocycles. The second-order valence-corrected chi connectivity index (χ2v) is 13.1. The number of phenolic OH excluding ortho intramolecular Hbond substituents is 1. The van der Waals surface area contributed by atoms with E-state index >= 15 is 0 Å². The number of nitrogens with zero attached hydrogens (tertiary/aromatic N) is 1. The zero-order valence-corrected chi connectivity index (χ0v) is 22.2. The second kappa shape index (κ2) is 8.62. The summed E-state index contributed by atoms with van der Waals surface area (Å²) in [6, 6.07) is 4.02. The van der Waals surface area contributed by atoms with Crippen LogP contribution in [0.1, 0.15) is 43.0 Å². The average molecular weight is 545 g/mol. The number of H-pyrrole nitrogens is 1. The third-order valence-electron chi connectivity index (χ3n) is 8.61. The van der Waals surface area contributed by atoms with E-state index in [1.807, 2.05) is 19.9 Å². The van der Waals surface area contributed by atoms with Gasteiger partial charge in [-0.25, -0.2) is 4.79 Å². The van der Waals surface area contributed by atoms with Crippen molar-refractivity contribution in [1.29, 1.82) is 0 Å². The minimum atomic E-state index is -1.16. The molecule has 6 rings (SSSR count). The lowest BCUT2D eigenvalue weighted by Gasteiger charge is -2.43. The number of fused-ring (bicyclic) bond motifs is 9. The van der Waals surface area contributed by atoms with Gasteiger partial charge in [-0.05, 0) is 54.2 Å². The Bertz CT molecular complexity index is 1370. The molecule has 9 nitrogen and oxygen atoms in total. The van der Waals surface area contributed by atoms with Crippen LogP contribution in [0.4, 0.5) is 0 Å². The Morgan fingerprint density at radius 3 is 2.54 bits per heavy atom. The molecule has 1 saturated heterocycles. The van der Waals surface area contributed by atoms with E-state index in [0.29, 0.717) is 5.75 Å². The van der Waals surface area contributed by atoms with Crippen LogP contribution >= 0.6 is 23.1 Å². The molecule has 8 atom stereocenters. The SMILES string of the molecule is COc1cc([C@@H]2c3sc(=O)[nH]c3S[C@@H]3[C@H]4C[C@@H]([C@@H]5C(=O)N([C@H](CC(C)C)C(=O)O)C(=O)[C@@H]45)[C@@H]23)ccc1O. The summed E-state index contributed by atoms with van der Waals surface area (Å²) in [5.74, 6) is -3.02. The normalized spacial score (nSPS) is 32.4. The van der Waals surface area contributed by atoms with Crippen LogP contribution in [0.25, 0.3) is 0 Å². The maximum absolute atomic E-state index is 13.8. The van der Waals surface area contributed by atoms with Crippen molar-refractivity contribution in [3.05, 3.63) is 38.3 Å². The third kappa shape index (κ3) is 3.49. The molecule has 37 heavy (non-hydrogen) atoms. The van der Waals surface area contributed by atoms with Crippen molar-refractivity contribution in [2.75, 3.05) is 7.11 Å². The molecule has 2 saturated carbocycles. The third-order valence-corrected chi connectivity index (χ3v) is 11.2. The van der Waals surface area contributed by atoms with E-state index < -0.39 is 23.8 Å².